The molecule has 2 heteroatoms. The standard InChI is InChI=1S/C7H16N2/c1-6-5-7(8)3-2-4-9-6/h6-7,9H,2-5,8H2,1H3/t6-,7?/m1/s1. The van der Waals surface area contributed by atoms with Crippen LogP contribution in [0.3, 0.4) is 0 Å². The monoisotopic (exact) mass is 128 g/mol. The van der Waals surface area contributed by atoms with E-state index in [0.717, 1.165) is 13.0 Å². The third-order valence-corrected chi connectivity index (χ3v) is 1.90. The Morgan fingerprint density at radius 2 is 2.33 bits per heavy atom. The molecule has 9 heavy (non-hydrogen) atoms. The Morgan fingerprint density at radius 3 is 3.11 bits per heavy atom. The molecule has 1 fully saturated rings. The molecule has 0 spiro atoms. The summed E-state index contributed by atoms with van der Waals surface area (Å²) in [5.74, 6) is 0. The molecule has 2 nitrogen and oxygen atoms in total. The first-order chi connectivity index (χ1) is 4.29. The Labute approximate surface area is 56.8 Å². The zero-order valence-electron chi connectivity index (χ0n) is 6.06. The smallest absolute Gasteiger partial charge is 0.00540 e. The first-order valence-electron chi connectivity index (χ1n) is 3.78. The Hall–Kier alpha value is -0.0800. The number of rotatable bonds is 0. The summed E-state index contributed by atoms with van der Waals surface area (Å²) >= 11 is 0. The fourth-order valence-electron chi connectivity index (χ4n) is 1.37. The van der Waals surface area contributed by atoms with E-state index < -0.39 is 0 Å². The molecule has 0 aromatic rings. The molecule has 1 aliphatic rings. The second-order valence-corrected chi connectivity index (χ2v) is 2.99. The predicted octanol–water partition coefficient (Wildman–Crippen LogP) is 0.476. The van der Waals surface area contributed by atoms with Crippen LogP contribution in [0.5, 0.6) is 0 Å². The Kier molecular flexibility index (Phi) is 2.49. The normalized spacial score (nSPS) is 38.0. The zero-order valence-corrected chi connectivity index (χ0v) is 6.06. The third kappa shape index (κ3) is 2.33. The van der Waals surface area contributed by atoms with Crippen molar-refractivity contribution in [3.8, 4) is 0 Å². The topological polar surface area (TPSA) is 38.0 Å². The van der Waals surface area contributed by atoms with Crippen molar-refractivity contribution in [3.63, 3.8) is 0 Å². The van der Waals surface area contributed by atoms with Crippen LogP contribution in [0.25, 0.3) is 0 Å². The predicted molar refractivity (Wildman–Crippen MR) is 39.3 cm³/mol. The summed E-state index contributed by atoms with van der Waals surface area (Å²) in [6.45, 7) is 3.35. The van der Waals surface area contributed by atoms with Gasteiger partial charge < -0.3 is 11.1 Å². The minimum absolute atomic E-state index is 0.440. The molecule has 1 saturated heterocycles. The lowest BCUT2D eigenvalue weighted by Gasteiger charge is -2.11. The van der Waals surface area contributed by atoms with E-state index in [-0.39, 0.29) is 0 Å². The molecular formula is C7H16N2. The van der Waals surface area contributed by atoms with Crippen LogP contribution in [-0.2, 0) is 0 Å². The molecule has 0 amide bonds. The van der Waals surface area contributed by atoms with Crippen LogP contribution in [-0.4, -0.2) is 18.6 Å². The van der Waals surface area contributed by atoms with E-state index >= 15 is 0 Å². The molecule has 0 saturated carbocycles. The quantitative estimate of drug-likeness (QED) is 0.498. The highest BCUT2D eigenvalue weighted by atomic mass is 14.9. The summed E-state index contributed by atoms with van der Waals surface area (Å²) in [7, 11) is 0. The number of hydrogen-bond acceptors (Lipinski definition) is 2. The van der Waals surface area contributed by atoms with Gasteiger partial charge in [0.2, 0.25) is 0 Å². The van der Waals surface area contributed by atoms with Gasteiger partial charge in [0.05, 0.1) is 0 Å². The maximum Gasteiger partial charge on any atom is 0.00540 e. The molecule has 1 aliphatic heterocycles. The number of nitrogens with one attached hydrogen (secondary N) is 1. The highest BCUT2D eigenvalue weighted by Crippen LogP contribution is 2.06. The average molecular weight is 128 g/mol. The van der Waals surface area contributed by atoms with Crippen LogP contribution in [0.15, 0.2) is 0 Å². The SMILES string of the molecule is C[C@@H]1CC(N)CCCN1. The molecule has 54 valence electrons. The number of nitrogens with two attached hydrogens (primary N) is 1. The summed E-state index contributed by atoms with van der Waals surface area (Å²) in [6, 6.07) is 1.07. The fourth-order valence-corrected chi connectivity index (χ4v) is 1.37. The summed E-state index contributed by atoms with van der Waals surface area (Å²) in [5.41, 5.74) is 5.79. The summed E-state index contributed by atoms with van der Waals surface area (Å²) in [5, 5.41) is 3.39. The molecule has 0 aromatic heterocycles. The van der Waals surface area contributed by atoms with Crippen molar-refractivity contribution in [2.24, 2.45) is 5.73 Å². The van der Waals surface area contributed by atoms with Gasteiger partial charge in [0, 0.05) is 12.1 Å². The van der Waals surface area contributed by atoms with E-state index in [1.54, 1.807) is 0 Å². The van der Waals surface area contributed by atoms with Crippen LogP contribution < -0.4 is 11.1 Å². The van der Waals surface area contributed by atoms with Crippen LogP contribution in [0.4, 0.5) is 0 Å². The second kappa shape index (κ2) is 3.18. The Bertz CT molecular complexity index is 73.0. The van der Waals surface area contributed by atoms with E-state index in [9.17, 15) is 0 Å². The van der Waals surface area contributed by atoms with Crippen molar-refractivity contribution in [1.29, 1.82) is 0 Å². The van der Waals surface area contributed by atoms with Gasteiger partial charge in [-0.15, -0.1) is 0 Å². The molecule has 1 heterocycles. The van der Waals surface area contributed by atoms with Crippen LogP contribution in [0.2, 0.25) is 0 Å². The zero-order chi connectivity index (χ0) is 6.69. The molecule has 1 rings (SSSR count). The lowest BCUT2D eigenvalue weighted by atomic mass is 10.1. The molecule has 0 aromatic carbocycles. The molecule has 2 atom stereocenters. The van der Waals surface area contributed by atoms with Crippen molar-refractivity contribution in [2.75, 3.05) is 6.54 Å². The first kappa shape index (κ1) is 7.03. The molecule has 0 radical (unpaired) electrons. The van der Waals surface area contributed by atoms with Crippen molar-refractivity contribution in [3.05, 3.63) is 0 Å². The van der Waals surface area contributed by atoms with Crippen LogP contribution >= 0.6 is 0 Å². The van der Waals surface area contributed by atoms with E-state index in [0.29, 0.717) is 12.1 Å². The van der Waals surface area contributed by atoms with Crippen LogP contribution in [0.1, 0.15) is 26.2 Å². The van der Waals surface area contributed by atoms with Crippen LogP contribution in [0, 0.1) is 0 Å². The van der Waals surface area contributed by atoms with E-state index in [4.69, 9.17) is 5.73 Å². The minimum atomic E-state index is 0.440. The molecule has 0 bridgehead atoms. The van der Waals surface area contributed by atoms with Gasteiger partial charge in [0.1, 0.15) is 0 Å². The Balaban J connectivity index is 2.29. The van der Waals surface area contributed by atoms with E-state index in [1.807, 2.05) is 0 Å². The van der Waals surface area contributed by atoms with Gasteiger partial charge in [-0.1, -0.05) is 0 Å². The lowest BCUT2D eigenvalue weighted by molar-refractivity contribution is 0.513. The second-order valence-electron chi connectivity index (χ2n) is 2.99. The fraction of sp³-hybridized carbons (Fsp3) is 1.00. The molecule has 0 aliphatic carbocycles. The summed E-state index contributed by atoms with van der Waals surface area (Å²) < 4.78 is 0. The van der Waals surface area contributed by atoms with E-state index in [2.05, 4.69) is 12.2 Å². The average Bonchev–Trinajstić information content (AvgIpc) is 1.93. The third-order valence-electron chi connectivity index (χ3n) is 1.90. The van der Waals surface area contributed by atoms with Crippen molar-refractivity contribution in [1.82, 2.24) is 5.32 Å². The lowest BCUT2D eigenvalue weighted by Crippen LogP contribution is -2.29. The van der Waals surface area contributed by atoms with E-state index in [1.165, 1.54) is 12.8 Å². The van der Waals surface area contributed by atoms with Gasteiger partial charge in [-0.2, -0.15) is 0 Å². The van der Waals surface area contributed by atoms with Crippen molar-refractivity contribution < 1.29 is 0 Å². The molecule has 1 unspecified atom stereocenters. The van der Waals surface area contributed by atoms with Crippen molar-refractivity contribution >= 4 is 0 Å². The number of hydrogen-bond donors (Lipinski definition) is 2. The Morgan fingerprint density at radius 1 is 1.56 bits per heavy atom. The van der Waals surface area contributed by atoms with Gasteiger partial charge in [-0.25, -0.2) is 0 Å². The molecular weight excluding hydrogens is 112 g/mol. The van der Waals surface area contributed by atoms with Gasteiger partial charge in [-0.3, -0.25) is 0 Å². The van der Waals surface area contributed by atoms with Gasteiger partial charge >= 0.3 is 0 Å². The molecule has 3 N–H and O–H groups in total. The maximum atomic E-state index is 5.79. The minimum Gasteiger partial charge on any atom is -0.328 e. The first-order valence-corrected chi connectivity index (χ1v) is 3.78. The summed E-state index contributed by atoms with van der Waals surface area (Å²) in [6.07, 6.45) is 3.57. The highest BCUT2D eigenvalue weighted by molar-refractivity contribution is 4.74. The maximum absolute atomic E-state index is 5.79. The highest BCUT2D eigenvalue weighted by Gasteiger charge is 2.11. The van der Waals surface area contributed by atoms with Gasteiger partial charge in [0.25, 0.3) is 0 Å². The van der Waals surface area contributed by atoms with Gasteiger partial charge in [0.15, 0.2) is 0 Å². The largest absolute Gasteiger partial charge is 0.328 e. The van der Waals surface area contributed by atoms with Crippen molar-refractivity contribution in [2.45, 2.75) is 38.3 Å². The van der Waals surface area contributed by atoms with Gasteiger partial charge in [-0.05, 0) is 32.7 Å². The summed E-state index contributed by atoms with van der Waals surface area (Å²) in [4.78, 5) is 0.